The second-order valence-electron chi connectivity index (χ2n) is 2.81. The first-order valence-corrected chi connectivity index (χ1v) is 4.20. The predicted molar refractivity (Wildman–Crippen MR) is 52.0 cm³/mol. The monoisotopic (exact) mass is 162 g/mol. The molecule has 0 saturated carbocycles. The van der Waals surface area contributed by atoms with Crippen LogP contribution in [-0.4, -0.2) is 5.11 Å². The van der Waals surface area contributed by atoms with E-state index >= 15 is 0 Å². The number of phenolic OH excluding ortho intramolecular Hbond substituents is 1. The molecule has 0 heterocycles. The molecule has 64 valence electrons. The van der Waals surface area contributed by atoms with Crippen molar-refractivity contribution in [3.8, 4) is 5.75 Å². The van der Waals surface area contributed by atoms with Crippen LogP contribution in [0, 0.1) is 0 Å². The van der Waals surface area contributed by atoms with Gasteiger partial charge in [0.05, 0.1) is 0 Å². The van der Waals surface area contributed by atoms with E-state index in [-0.39, 0.29) is 0 Å². The van der Waals surface area contributed by atoms with Gasteiger partial charge < -0.3 is 5.11 Å². The number of benzene rings is 1. The van der Waals surface area contributed by atoms with Crippen LogP contribution in [0.4, 0.5) is 0 Å². The van der Waals surface area contributed by atoms with Crippen molar-refractivity contribution in [1.29, 1.82) is 0 Å². The van der Waals surface area contributed by atoms with Gasteiger partial charge in [-0.15, -0.1) is 0 Å². The lowest BCUT2D eigenvalue weighted by Crippen LogP contribution is -1.79. The van der Waals surface area contributed by atoms with Crippen LogP contribution in [0.25, 0.3) is 5.57 Å². The van der Waals surface area contributed by atoms with Crippen molar-refractivity contribution in [2.75, 3.05) is 0 Å². The van der Waals surface area contributed by atoms with Gasteiger partial charge in [-0.2, -0.15) is 0 Å². The minimum atomic E-state index is 0.361. The van der Waals surface area contributed by atoms with Gasteiger partial charge in [-0.1, -0.05) is 31.2 Å². The molecule has 1 rings (SSSR count). The summed E-state index contributed by atoms with van der Waals surface area (Å²) in [5, 5.41) is 9.47. The number of para-hydroxylation sites is 1. The standard InChI is InChI=1S/C11H14O/c1-3-6-9(2)10-7-4-5-8-11(10)12/h4-8,12H,3H2,1-2H3. The van der Waals surface area contributed by atoms with Crippen molar-refractivity contribution in [1.82, 2.24) is 0 Å². The van der Waals surface area contributed by atoms with E-state index in [1.54, 1.807) is 6.07 Å². The first-order valence-electron chi connectivity index (χ1n) is 4.20. The van der Waals surface area contributed by atoms with Crippen molar-refractivity contribution >= 4 is 5.57 Å². The van der Waals surface area contributed by atoms with E-state index in [0.29, 0.717) is 5.75 Å². The van der Waals surface area contributed by atoms with E-state index in [1.165, 1.54) is 0 Å². The lowest BCUT2D eigenvalue weighted by atomic mass is 10.1. The molecule has 0 atom stereocenters. The fourth-order valence-electron chi connectivity index (χ4n) is 1.22. The quantitative estimate of drug-likeness (QED) is 0.708. The summed E-state index contributed by atoms with van der Waals surface area (Å²) in [7, 11) is 0. The SMILES string of the molecule is CCC=C(C)c1ccccc1O. The van der Waals surface area contributed by atoms with E-state index in [0.717, 1.165) is 17.6 Å². The highest BCUT2D eigenvalue weighted by Crippen LogP contribution is 2.23. The number of phenols is 1. The summed E-state index contributed by atoms with van der Waals surface area (Å²) in [6, 6.07) is 7.40. The lowest BCUT2D eigenvalue weighted by molar-refractivity contribution is 0.473. The minimum Gasteiger partial charge on any atom is -0.507 e. The lowest BCUT2D eigenvalue weighted by Gasteiger charge is -2.03. The average Bonchev–Trinajstić information content (AvgIpc) is 2.05. The molecule has 0 aliphatic heterocycles. The summed E-state index contributed by atoms with van der Waals surface area (Å²) in [5.41, 5.74) is 2.06. The first-order chi connectivity index (χ1) is 5.75. The first kappa shape index (κ1) is 8.85. The number of aromatic hydroxyl groups is 1. The van der Waals surface area contributed by atoms with Gasteiger partial charge in [-0.25, -0.2) is 0 Å². The second kappa shape index (κ2) is 3.96. The van der Waals surface area contributed by atoms with Crippen LogP contribution >= 0.6 is 0 Å². The van der Waals surface area contributed by atoms with Crippen molar-refractivity contribution in [3.63, 3.8) is 0 Å². The number of hydrogen-bond donors (Lipinski definition) is 1. The van der Waals surface area contributed by atoms with Gasteiger partial charge >= 0.3 is 0 Å². The summed E-state index contributed by atoms with van der Waals surface area (Å²) < 4.78 is 0. The number of allylic oxidation sites excluding steroid dienone is 2. The Bertz CT molecular complexity index is 287. The van der Waals surface area contributed by atoms with Crippen LogP contribution < -0.4 is 0 Å². The summed E-state index contributed by atoms with van der Waals surface area (Å²) >= 11 is 0. The van der Waals surface area contributed by atoms with E-state index in [1.807, 2.05) is 25.1 Å². The van der Waals surface area contributed by atoms with Crippen LogP contribution in [0.2, 0.25) is 0 Å². The van der Waals surface area contributed by atoms with Crippen LogP contribution in [0.1, 0.15) is 25.8 Å². The van der Waals surface area contributed by atoms with Gasteiger partial charge in [0.2, 0.25) is 0 Å². The van der Waals surface area contributed by atoms with Crippen molar-refractivity contribution < 1.29 is 5.11 Å². The summed E-state index contributed by atoms with van der Waals surface area (Å²) in [4.78, 5) is 0. The Kier molecular flexibility index (Phi) is 2.92. The fraction of sp³-hybridized carbons (Fsp3) is 0.273. The molecule has 1 aromatic carbocycles. The molecule has 1 N–H and O–H groups in total. The van der Waals surface area contributed by atoms with Crippen LogP contribution in [0.15, 0.2) is 30.3 Å². The fourth-order valence-corrected chi connectivity index (χ4v) is 1.22. The van der Waals surface area contributed by atoms with E-state index < -0.39 is 0 Å². The predicted octanol–water partition coefficient (Wildman–Crippen LogP) is 3.21. The van der Waals surface area contributed by atoms with Gasteiger partial charge in [-0.05, 0) is 25.0 Å². The minimum absolute atomic E-state index is 0.361. The summed E-state index contributed by atoms with van der Waals surface area (Å²) in [6.45, 7) is 4.10. The Morgan fingerprint density at radius 1 is 1.42 bits per heavy atom. The molecule has 0 radical (unpaired) electrons. The Morgan fingerprint density at radius 3 is 2.67 bits per heavy atom. The second-order valence-corrected chi connectivity index (χ2v) is 2.81. The van der Waals surface area contributed by atoms with Gasteiger partial charge in [0.15, 0.2) is 0 Å². The van der Waals surface area contributed by atoms with E-state index in [4.69, 9.17) is 0 Å². The molecule has 0 aliphatic rings. The van der Waals surface area contributed by atoms with Crippen molar-refractivity contribution in [2.24, 2.45) is 0 Å². The normalized spacial score (nSPS) is 11.7. The Morgan fingerprint density at radius 2 is 2.08 bits per heavy atom. The molecule has 0 spiro atoms. The van der Waals surface area contributed by atoms with Crippen LogP contribution in [-0.2, 0) is 0 Å². The molecule has 1 aromatic rings. The molecule has 0 aromatic heterocycles. The highest BCUT2D eigenvalue weighted by atomic mass is 16.3. The Labute approximate surface area is 73.4 Å². The van der Waals surface area contributed by atoms with Crippen LogP contribution in [0.3, 0.4) is 0 Å². The zero-order chi connectivity index (χ0) is 8.97. The highest BCUT2D eigenvalue weighted by molar-refractivity contribution is 5.68. The van der Waals surface area contributed by atoms with Gasteiger partial charge in [0.1, 0.15) is 5.75 Å². The van der Waals surface area contributed by atoms with Crippen molar-refractivity contribution in [2.45, 2.75) is 20.3 Å². The summed E-state index contributed by atoms with van der Waals surface area (Å²) in [6.07, 6.45) is 3.11. The maximum atomic E-state index is 9.47. The van der Waals surface area contributed by atoms with Crippen molar-refractivity contribution in [3.05, 3.63) is 35.9 Å². The third-order valence-corrected chi connectivity index (χ3v) is 1.84. The smallest absolute Gasteiger partial charge is 0.123 e. The Balaban J connectivity index is 3.02. The zero-order valence-electron chi connectivity index (χ0n) is 7.54. The molecule has 0 aliphatic carbocycles. The van der Waals surface area contributed by atoms with E-state index in [9.17, 15) is 5.11 Å². The Hall–Kier alpha value is -1.24. The van der Waals surface area contributed by atoms with E-state index in [2.05, 4.69) is 13.0 Å². The molecular formula is C11H14O. The molecular weight excluding hydrogens is 148 g/mol. The molecule has 0 saturated heterocycles. The molecule has 12 heavy (non-hydrogen) atoms. The molecule has 0 fully saturated rings. The molecule has 0 bridgehead atoms. The topological polar surface area (TPSA) is 20.2 Å². The van der Waals surface area contributed by atoms with Gasteiger partial charge in [0, 0.05) is 5.56 Å². The third kappa shape index (κ3) is 1.88. The molecule has 0 unspecified atom stereocenters. The molecule has 0 amide bonds. The largest absolute Gasteiger partial charge is 0.507 e. The highest BCUT2D eigenvalue weighted by Gasteiger charge is 1.99. The van der Waals surface area contributed by atoms with Gasteiger partial charge in [-0.3, -0.25) is 0 Å². The molecule has 1 nitrogen and oxygen atoms in total. The maximum Gasteiger partial charge on any atom is 0.123 e. The van der Waals surface area contributed by atoms with Gasteiger partial charge in [0.25, 0.3) is 0 Å². The zero-order valence-corrected chi connectivity index (χ0v) is 7.54. The molecule has 1 heteroatoms. The third-order valence-electron chi connectivity index (χ3n) is 1.84. The summed E-state index contributed by atoms with van der Waals surface area (Å²) in [5.74, 6) is 0.361. The number of hydrogen-bond acceptors (Lipinski definition) is 1. The average molecular weight is 162 g/mol. The van der Waals surface area contributed by atoms with Crippen LogP contribution in [0.5, 0.6) is 5.75 Å². The maximum absolute atomic E-state index is 9.47. The number of rotatable bonds is 2.